The van der Waals surface area contributed by atoms with Gasteiger partial charge in [-0.15, -0.1) is 0 Å². The van der Waals surface area contributed by atoms with Crippen molar-refractivity contribution in [3.05, 3.63) is 243 Å². The third-order valence-electron chi connectivity index (χ3n) is 12.3. The molecule has 0 bridgehead atoms. The summed E-state index contributed by atoms with van der Waals surface area (Å²) in [7, 11) is 0. The standard InChI is InChI=1S/C60H40N2O2/c1-3-16-41(17-4-1)43-32-36-46(37-33-43)61(55-28-14-25-52-50-23-8-11-30-57(50)63-59(52)55)48-21-13-20-45(40-48)49-22-7-10-27-54(49)62(47-38-34-44(35-39-47)42-18-5-2-6-19-42)56-29-15-26-53-51-24-9-12-31-58(51)64-60(53)56/h1-40H. The van der Waals surface area contributed by atoms with Crippen LogP contribution in [0.15, 0.2) is 251 Å². The third-order valence-corrected chi connectivity index (χ3v) is 12.3. The number of anilines is 6. The van der Waals surface area contributed by atoms with E-state index in [1.807, 2.05) is 24.3 Å². The molecule has 0 atom stereocenters. The van der Waals surface area contributed by atoms with Crippen molar-refractivity contribution < 1.29 is 8.83 Å². The maximum atomic E-state index is 6.73. The molecule has 10 aromatic carbocycles. The lowest BCUT2D eigenvalue weighted by Gasteiger charge is -2.29. The largest absolute Gasteiger partial charge is 0.454 e. The molecule has 0 radical (unpaired) electrons. The van der Waals surface area contributed by atoms with Crippen LogP contribution in [0.25, 0.3) is 77.3 Å². The summed E-state index contributed by atoms with van der Waals surface area (Å²) in [6.07, 6.45) is 0. The zero-order chi connectivity index (χ0) is 42.4. The Kier molecular flexibility index (Phi) is 9.12. The Labute approximate surface area is 371 Å². The van der Waals surface area contributed by atoms with Crippen LogP contribution in [-0.4, -0.2) is 0 Å². The molecule has 302 valence electrons. The Morgan fingerprint density at radius 3 is 1.23 bits per heavy atom. The number of para-hydroxylation sites is 5. The molecule has 0 unspecified atom stereocenters. The molecule has 0 aliphatic heterocycles. The summed E-state index contributed by atoms with van der Waals surface area (Å²) in [5.41, 5.74) is 16.2. The molecule has 0 aliphatic carbocycles. The third kappa shape index (κ3) is 6.48. The van der Waals surface area contributed by atoms with E-state index in [1.165, 1.54) is 11.1 Å². The summed E-state index contributed by atoms with van der Waals surface area (Å²) < 4.78 is 13.4. The summed E-state index contributed by atoms with van der Waals surface area (Å²) >= 11 is 0. The number of furan rings is 2. The van der Waals surface area contributed by atoms with Gasteiger partial charge >= 0.3 is 0 Å². The maximum Gasteiger partial charge on any atom is 0.159 e. The SMILES string of the molecule is c1ccc(-c2ccc(N(c3cccc(-c4ccccc4N(c4ccc(-c5ccccc5)cc4)c4cccc5c4oc4ccccc45)c3)c3cccc4c3oc3ccccc34)cc2)cc1. The lowest BCUT2D eigenvalue weighted by atomic mass is 9.99. The van der Waals surface area contributed by atoms with Crippen LogP contribution in [0.5, 0.6) is 0 Å². The van der Waals surface area contributed by atoms with Gasteiger partial charge in [-0.2, -0.15) is 0 Å². The molecular weight excluding hydrogens is 781 g/mol. The van der Waals surface area contributed by atoms with Crippen LogP contribution in [0.1, 0.15) is 0 Å². The van der Waals surface area contributed by atoms with Crippen molar-refractivity contribution >= 4 is 78.0 Å². The second kappa shape index (κ2) is 15.7. The fourth-order valence-electron chi connectivity index (χ4n) is 9.24. The van der Waals surface area contributed by atoms with Crippen LogP contribution >= 0.6 is 0 Å². The summed E-state index contributed by atoms with van der Waals surface area (Å²) in [5.74, 6) is 0. The highest BCUT2D eigenvalue weighted by Gasteiger charge is 2.24. The highest BCUT2D eigenvalue weighted by Crippen LogP contribution is 2.48. The van der Waals surface area contributed by atoms with Gasteiger partial charge in [0.2, 0.25) is 0 Å². The Balaban J connectivity index is 1.04. The molecule has 0 saturated carbocycles. The first kappa shape index (κ1) is 37.2. The number of hydrogen-bond donors (Lipinski definition) is 0. The Morgan fingerprint density at radius 2 is 0.656 bits per heavy atom. The number of benzene rings is 10. The normalized spacial score (nSPS) is 11.4. The molecule has 0 spiro atoms. The lowest BCUT2D eigenvalue weighted by molar-refractivity contribution is 0.668. The van der Waals surface area contributed by atoms with E-state index in [0.717, 1.165) is 100 Å². The molecule has 2 heterocycles. The molecule has 2 aromatic heterocycles. The molecule has 64 heavy (non-hydrogen) atoms. The highest BCUT2D eigenvalue weighted by atomic mass is 16.3. The molecule has 12 aromatic rings. The Bertz CT molecular complexity index is 3610. The number of hydrogen-bond acceptors (Lipinski definition) is 4. The van der Waals surface area contributed by atoms with Gasteiger partial charge < -0.3 is 18.6 Å². The molecule has 4 heteroatoms. The average molecular weight is 821 g/mol. The molecule has 4 nitrogen and oxygen atoms in total. The van der Waals surface area contributed by atoms with E-state index in [0.29, 0.717) is 0 Å². The zero-order valence-electron chi connectivity index (χ0n) is 34.8. The van der Waals surface area contributed by atoms with Gasteiger partial charge in [0.15, 0.2) is 11.2 Å². The van der Waals surface area contributed by atoms with Gasteiger partial charge in [-0.3, -0.25) is 0 Å². The van der Waals surface area contributed by atoms with Crippen LogP contribution in [0.4, 0.5) is 34.1 Å². The maximum absolute atomic E-state index is 6.73. The molecular formula is C60H40N2O2. The molecule has 0 amide bonds. The van der Waals surface area contributed by atoms with Crippen LogP contribution < -0.4 is 9.80 Å². The minimum absolute atomic E-state index is 0.837. The van der Waals surface area contributed by atoms with E-state index >= 15 is 0 Å². The van der Waals surface area contributed by atoms with E-state index in [-0.39, 0.29) is 0 Å². The Hall–Kier alpha value is -8.60. The predicted octanol–water partition coefficient (Wildman–Crippen LogP) is 17.4. The van der Waals surface area contributed by atoms with E-state index in [9.17, 15) is 0 Å². The second-order valence-electron chi connectivity index (χ2n) is 16.1. The predicted molar refractivity (Wildman–Crippen MR) is 267 cm³/mol. The average Bonchev–Trinajstić information content (AvgIpc) is 3.95. The Morgan fingerprint density at radius 1 is 0.250 bits per heavy atom. The minimum Gasteiger partial charge on any atom is -0.454 e. The van der Waals surface area contributed by atoms with E-state index < -0.39 is 0 Å². The monoisotopic (exact) mass is 820 g/mol. The topological polar surface area (TPSA) is 32.8 Å². The molecule has 12 rings (SSSR count). The number of fused-ring (bicyclic) bond motifs is 6. The fraction of sp³-hybridized carbons (Fsp3) is 0. The second-order valence-corrected chi connectivity index (χ2v) is 16.1. The van der Waals surface area contributed by atoms with Gasteiger partial charge in [-0.1, -0.05) is 176 Å². The zero-order valence-corrected chi connectivity index (χ0v) is 34.8. The quantitative estimate of drug-likeness (QED) is 0.145. The van der Waals surface area contributed by atoms with Crippen molar-refractivity contribution in [2.75, 3.05) is 9.80 Å². The highest BCUT2D eigenvalue weighted by molar-refractivity contribution is 6.12. The van der Waals surface area contributed by atoms with Gasteiger partial charge in [-0.05, 0) is 94.5 Å². The van der Waals surface area contributed by atoms with Crippen LogP contribution in [0.3, 0.4) is 0 Å². The smallest absolute Gasteiger partial charge is 0.159 e. The van der Waals surface area contributed by atoms with Crippen molar-refractivity contribution in [3.8, 4) is 33.4 Å². The van der Waals surface area contributed by atoms with Gasteiger partial charge in [0.1, 0.15) is 11.2 Å². The summed E-state index contributed by atoms with van der Waals surface area (Å²) in [5, 5.41) is 4.34. The van der Waals surface area contributed by atoms with Crippen LogP contribution in [0.2, 0.25) is 0 Å². The van der Waals surface area contributed by atoms with Gasteiger partial charge in [-0.25, -0.2) is 0 Å². The van der Waals surface area contributed by atoms with Crippen molar-refractivity contribution in [2.24, 2.45) is 0 Å². The number of nitrogens with zero attached hydrogens (tertiary/aromatic N) is 2. The van der Waals surface area contributed by atoms with Crippen molar-refractivity contribution in [1.29, 1.82) is 0 Å². The number of rotatable bonds is 9. The molecule has 0 aliphatic rings. The first-order chi connectivity index (χ1) is 31.7. The fourth-order valence-corrected chi connectivity index (χ4v) is 9.24. The van der Waals surface area contributed by atoms with Crippen molar-refractivity contribution in [3.63, 3.8) is 0 Å². The van der Waals surface area contributed by atoms with E-state index in [4.69, 9.17) is 8.83 Å². The van der Waals surface area contributed by atoms with Gasteiger partial charge in [0.25, 0.3) is 0 Å². The van der Waals surface area contributed by atoms with Crippen molar-refractivity contribution in [1.82, 2.24) is 0 Å². The molecule has 0 saturated heterocycles. The van der Waals surface area contributed by atoms with E-state index in [1.54, 1.807) is 0 Å². The summed E-state index contributed by atoms with van der Waals surface area (Å²) in [6.45, 7) is 0. The first-order valence-corrected chi connectivity index (χ1v) is 21.7. The lowest BCUT2D eigenvalue weighted by Crippen LogP contribution is -2.12. The van der Waals surface area contributed by atoms with Crippen molar-refractivity contribution in [2.45, 2.75) is 0 Å². The first-order valence-electron chi connectivity index (χ1n) is 21.7. The van der Waals surface area contributed by atoms with Crippen LogP contribution in [0, 0.1) is 0 Å². The molecule has 0 N–H and O–H groups in total. The van der Waals surface area contributed by atoms with Crippen LogP contribution in [-0.2, 0) is 0 Å². The van der Waals surface area contributed by atoms with Gasteiger partial charge in [0.05, 0.1) is 17.1 Å². The van der Waals surface area contributed by atoms with Gasteiger partial charge in [0, 0.05) is 44.2 Å². The van der Waals surface area contributed by atoms with E-state index in [2.05, 4.69) is 228 Å². The summed E-state index contributed by atoms with van der Waals surface area (Å²) in [4.78, 5) is 4.66. The molecule has 0 fully saturated rings. The minimum atomic E-state index is 0.837. The summed E-state index contributed by atoms with van der Waals surface area (Å²) in [6, 6.07) is 85.7.